The van der Waals surface area contributed by atoms with Crippen molar-refractivity contribution < 1.29 is 14.0 Å². The van der Waals surface area contributed by atoms with Crippen molar-refractivity contribution in [2.75, 3.05) is 0 Å². The summed E-state index contributed by atoms with van der Waals surface area (Å²) in [4.78, 5) is 26.7. The van der Waals surface area contributed by atoms with Crippen LogP contribution in [0.1, 0.15) is 49.8 Å². The number of carbonyl (C=O) groups is 2. The van der Waals surface area contributed by atoms with Crippen LogP contribution in [0.25, 0.3) is 0 Å². The fourth-order valence-electron chi connectivity index (χ4n) is 3.30. The Balaban J connectivity index is 1.91. The molecule has 0 bridgehead atoms. The summed E-state index contributed by atoms with van der Waals surface area (Å²) in [6.07, 6.45) is 2.05. The smallest absolute Gasteiger partial charge is 0.246 e. The van der Waals surface area contributed by atoms with Crippen LogP contribution in [0.3, 0.4) is 0 Å². The number of carbonyl (C=O) groups excluding carboxylic acids is 2. The lowest BCUT2D eigenvalue weighted by Gasteiger charge is -2.41. The van der Waals surface area contributed by atoms with Gasteiger partial charge >= 0.3 is 0 Å². The number of aryl methyl sites for hydroxylation is 2. The van der Waals surface area contributed by atoms with E-state index in [1.807, 2.05) is 26.8 Å². The summed E-state index contributed by atoms with van der Waals surface area (Å²) in [5, 5.41) is 2.88. The van der Waals surface area contributed by atoms with Crippen LogP contribution < -0.4 is 5.32 Å². The van der Waals surface area contributed by atoms with Crippen LogP contribution in [0.2, 0.25) is 0 Å². The number of piperazine rings is 1. The molecule has 21 heavy (non-hydrogen) atoms. The Kier molecular flexibility index (Phi) is 3.30. The Morgan fingerprint density at radius 2 is 2.00 bits per heavy atom. The summed E-state index contributed by atoms with van der Waals surface area (Å²) in [6.45, 7) is 7.55. The molecule has 1 aromatic rings. The van der Waals surface area contributed by atoms with Crippen molar-refractivity contribution in [3.05, 3.63) is 23.2 Å². The van der Waals surface area contributed by atoms with Gasteiger partial charge < -0.3 is 14.6 Å². The quantitative estimate of drug-likeness (QED) is 0.927. The molecular weight excluding hydrogens is 268 g/mol. The van der Waals surface area contributed by atoms with Gasteiger partial charge in [-0.05, 0) is 52.5 Å². The van der Waals surface area contributed by atoms with Gasteiger partial charge in [0.25, 0.3) is 0 Å². The summed E-state index contributed by atoms with van der Waals surface area (Å²) in [6, 6.07) is 1.01. The standard InChI is InChI=1S/C16H22N2O3/c1-8-7-13(11(4)21-8)9(2)18-10(3)15(19)17-14(16(18)20)12-5-6-12/h7,9-10,12,14H,5-6H2,1-4H3,(H,17,19). The Labute approximate surface area is 124 Å². The second-order valence-electron chi connectivity index (χ2n) is 6.29. The average Bonchev–Trinajstić information content (AvgIpc) is 3.19. The van der Waals surface area contributed by atoms with Gasteiger partial charge in [0, 0.05) is 5.56 Å². The Hall–Kier alpha value is -1.78. The van der Waals surface area contributed by atoms with E-state index in [2.05, 4.69) is 5.32 Å². The van der Waals surface area contributed by atoms with Crippen LogP contribution in [0.15, 0.2) is 10.5 Å². The Morgan fingerprint density at radius 1 is 1.33 bits per heavy atom. The van der Waals surface area contributed by atoms with E-state index >= 15 is 0 Å². The maximum atomic E-state index is 12.8. The van der Waals surface area contributed by atoms with Crippen molar-refractivity contribution in [3.8, 4) is 0 Å². The van der Waals surface area contributed by atoms with Gasteiger partial charge in [-0.1, -0.05) is 0 Å². The van der Waals surface area contributed by atoms with Gasteiger partial charge in [0.15, 0.2) is 0 Å². The first-order valence-corrected chi connectivity index (χ1v) is 7.59. The first-order valence-electron chi connectivity index (χ1n) is 7.59. The lowest BCUT2D eigenvalue weighted by atomic mass is 9.99. The molecule has 0 radical (unpaired) electrons. The molecule has 3 rings (SSSR count). The number of furan rings is 1. The van der Waals surface area contributed by atoms with Gasteiger partial charge in [-0.25, -0.2) is 0 Å². The van der Waals surface area contributed by atoms with E-state index in [0.717, 1.165) is 29.9 Å². The van der Waals surface area contributed by atoms with Crippen LogP contribution in [0.4, 0.5) is 0 Å². The number of amides is 2. The molecule has 1 aromatic heterocycles. The SMILES string of the molecule is Cc1cc(C(C)N2C(=O)C(C3CC3)NC(=O)C2C)c(C)o1. The third-order valence-electron chi connectivity index (χ3n) is 4.66. The summed E-state index contributed by atoms with van der Waals surface area (Å²) in [5.41, 5.74) is 0.983. The number of nitrogens with zero attached hydrogens (tertiary/aromatic N) is 1. The Bertz CT molecular complexity index is 588. The maximum Gasteiger partial charge on any atom is 0.246 e. The molecule has 2 fully saturated rings. The summed E-state index contributed by atoms with van der Waals surface area (Å²) >= 11 is 0. The van der Waals surface area contributed by atoms with E-state index in [9.17, 15) is 9.59 Å². The topological polar surface area (TPSA) is 62.6 Å². The molecule has 0 aromatic carbocycles. The lowest BCUT2D eigenvalue weighted by Crippen LogP contribution is -2.63. The van der Waals surface area contributed by atoms with Crippen molar-refractivity contribution in [2.24, 2.45) is 5.92 Å². The average molecular weight is 290 g/mol. The number of nitrogens with one attached hydrogen (secondary N) is 1. The van der Waals surface area contributed by atoms with E-state index in [4.69, 9.17) is 4.42 Å². The molecule has 5 heteroatoms. The van der Waals surface area contributed by atoms with Gasteiger partial charge in [0.1, 0.15) is 23.6 Å². The van der Waals surface area contributed by atoms with Crippen molar-refractivity contribution in [2.45, 2.75) is 58.7 Å². The molecule has 1 aliphatic heterocycles. The van der Waals surface area contributed by atoms with Crippen molar-refractivity contribution in [1.29, 1.82) is 0 Å². The predicted octanol–water partition coefficient (Wildman–Crippen LogP) is 2.08. The minimum Gasteiger partial charge on any atom is -0.466 e. The van der Waals surface area contributed by atoms with E-state index in [0.29, 0.717) is 5.92 Å². The van der Waals surface area contributed by atoms with E-state index < -0.39 is 6.04 Å². The molecule has 5 nitrogen and oxygen atoms in total. The first-order chi connectivity index (χ1) is 9.90. The van der Waals surface area contributed by atoms with Gasteiger partial charge in [-0.3, -0.25) is 9.59 Å². The minimum atomic E-state index is -0.447. The highest BCUT2D eigenvalue weighted by atomic mass is 16.3. The van der Waals surface area contributed by atoms with Gasteiger partial charge in [-0.15, -0.1) is 0 Å². The van der Waals surface area contributed by atoms with Crippen LogP contribution in [-0.2, 0) is 9.59 Å². The lowest BCUT2D eigenvalue weighted by molar-refractivity contribution is -0.151. The fraction of sp³-hybridized carbons (Fsp3) is 0.625. The van der Waals surface area contributed by atoms with Crippen molar-refractivity contribution in [3.63, 3.8) is 0 Å². The third-order valence-corrected chi connectivity index (χ3v) is 4.66. The highest BCUT2D eigenvalue weighted by Crippen LogP contribution is 2.37. The second kappa shape index (κ2) is 4.90. The fourth-order valence-corrected chi connectivity index (χ4v) is 3.30. The highest BCUT2D eigenvalue weighted by molar-refractivity contribution is 5.97. The maximum absolute atomic E-state index is 12.8. The molecule has 2 aliphatic rings. The Morgan fingerprint density at radius 3 is 2.52 bits per heavy atom. The molecule has 0 spiro atoms. The van der Waals surface area contributed by atoms with Crippen LogP contribution >= 0.6 is 0 Å². The van der Waals surface area contributed by atoms with E-state index in [-0.39, 0.29) is 23.9 Å². The number of hydrogen-bond donors (Lipinski definition) is 1. The van der Waals surface area contributed by atoms with E-state index in [1.54, 1.807) is 11.8 Å². The molecule has 1 saturated carbocycles. The van der Waals surface area contributed by atoms with Crippen molar-refractivity contribution >= 4 is 11.8 Å². The second-order valence-corrected chi connectivity index (χ2v) is 6.29. The van der Waals surface area contributed by atoms with Crippen molar-refractivity contribution in [1.82, 2.24) is 10.2 Å². The molecule has 1 N–H and O–H groups in total. The molecule has 1 aliphatic carbocycles. The zero-order chi connectivity index (χ0) is 15.3. The molecule has 3 atom stereocenters. The monoisotopic (exact) mass is 290 g/mol. The van der Waals surface area contributed by atoms with Gasteiger partial charge in [0.05, 0.1) is 6.04 Å². The van der Waals surface area contributed by atoms with Crippen LogP contribution in [-0.4, -0.2) is 28.8 Å². The zero-order valence-corrected chi connectivity index (χ0v) is 13.0. The molecule has 1 saturated heterocycles. The van der Waals surface area contributed by atoms with Gasteiger partial charge in [0.2, 0.25) is 11.8 Å². The normalized spacial score (nSPS) is 27.7. The van der Waals surface area contributed by atoms with E-state index in [1.165, 1.54) is 0 Å². The number of hydrogen-bond acceptors (Lipinski definition) is 3. The molecular formula is C16H22N2O3. The van der Waals surface area contributed by atoms with Crippen LogP contribution in [0, 0.1) is 19.8 Å². The number of rotatable bonds is 3. The summed E-state index contributed by atoms with van der Waals surface area (Å²) < 4.78 is 5.57. The third kappa shape index (κ3) is 2.34. The largest absolute Gasteiger partial charge is 0.466 e. The van der Waals surface area contributed by atoms with Gasteiger partial charge in [-0.2, -0.15) is 0 Å². The molecule has 2 amide bonds. The van der Waals surface area contributed by atoms with Crippen LogP contribution in [0.5, 0.6) is 0 Å². The predicted molar refractivity (Wildman–Crippen MR) is 77.6 cm³/mol. The highest BCUT2D eigenvalue weighted by Gasteiger charge is 2.47. The summed E-state index contributed by atoms with van der Waals surface area (Å²) in [5.74, 6) is 1.94. The first kappa shape index (κ1) is 14.2. The minimum absolute atomic E-state index is 0.0374. The molecule has 2 heterocycles. The summed E-state index contributed by atoms with van der Waals surface area (Å²) in [7, 11) is 0. The molecule has 114 valence electrons. The zero-order valence-electron chi connectivity index (χ0n) is 13.0. The molecule has 3 unspecified atom stereocenters.